The normalized spacial score (nSPS) is 19.2. The lowest BCUT2D eigenvalue weighted by atomic mass is 10.1. The zero-order valence-electron chi connectivity index (χ0n) is 17.9. The van der Waals surface area contributed by atoms with Crippen molar-refractivity contribution < 1.29 is 23.1 Å². The van der Waals surface area contributed by atoms with Crippen molar-refractivity contribution in [1.82, 2.24) is 14.1 Å². The molecule has 1 unspecified atom stereocenters. The largest absolute Gasteiger partial charge is 0.458 e. The molecule has 9 heteroatoms. The summed E-state index contributed by atoms with van der Waals surface area (Å²) in [5, 5.41) is 14.5. The molecule has 168 valence electrons. The fraction of sp³-hybridized carbons (Fsp3) is 0.304. The Bertz CT molecular complexity index is 1220. The van der Waals surface area contributed by atoms with Crippen LogP contribution in [0.25, 0.3) is 5.69 Å². The molecule has 2 heterocycles. The number of nitrogens with zero attached hydrogens (tertiary/aromatic N) is 3. The lowest BCUT2D eigenvalue weighted by molar-refractivity contribution is -0.149. The summed E-state index contributed by atoms with van der Waals surface area (Å²) in [5.74, 6) is -0.705. The van der Waals surface area contributed by atoms with E-state index in [-0.39, 0.29) is 24.5 Å². The van der Waals surface area contributed by atoms with Crippen LogP contribution in [-0.2, 0) is 26.2 Å². The van der Waals surface area contributed by atoms with E-state index >= 15 is 0 Å². The zero-order valence-corrected chi connectivity index (χ0v) is 18.7. The highest BCUT2D eigenvalue weighted by Gasteiger charge is 2.44. The first kappa shape index (κ1) is 22.2. The fourth-order valence-electron chi connectivity index (χ4n) is 3.68. The number of ether oxygens (including phenoxy) is 1. The molecule has 2 atom stereocenters. The van der Waals surface area contributed by atoms with Crippen LogP contribution in [0.1, 0.15) is 23.2 Å². The van der Waals surface area contributed by atoms with Crippen molar-refractivity contribution in [3.8, 4) is 5.69 Å². The maximum Gasteiger partial charge on any atom is 0.324 e. The highest BCUT2D eigenvalue weighted by Crippen LogP contribution is 2.28. The van der Waals surface area contributed by atoms with Gasteiger partial charge in [-0.2, -0.15) is 9.40 Å². The van der Waals surface area contributed by atoms with Gasteiger partial charge in [-0.05, 0) is 55.3 Å². The average Bonchev–Trinajstić information content (AvgIpc) is 3.41. The van der Waals surface area contributed by atoms with Gasteiger partial charge in [-0.15, -0.1) is 0 Å². The quantitative estimate of drug-likeness (QED) is 0.573. The summed E-state index contributed by atoms with van der Waals surface area (Å²) in [7, 11) is -3.97. The number of aromatic nitrogens is 2. The molecule has 0 amide bonds. The summed E-state index contributed by atoms with van der Waals surface area (Å²) in [6.45, 7) is 3.47. The number of hydrogen-bond acceptors (Lipinski definition) is 6. The Balaban J connectivity index is 1.48. The van der Waals surface area contributed by atoms with Crippen LogP contribution in [0.3, 0.4) is 0 Å². The molecule has 32 heavy (non-hydrogen) atoms. The van der Waals surface area contributed by atoms with E-state index < -0.39 is 28.1 Å². The van der Waals surface area contributed by atoms with Crippen molar-refractivity contribution in [2.24, 2.45) is 0 Å². The number of benzene rings is 2. The summed E-state index contributed by atoms with van der Waals surface area (Å²) in [4.78, 5) is 12.9. The van der Waals surface area contributed by atoms with Gasteiger partial charge in [0, 0.05) is 19.2 Å². The Morgan fingerprint density at radius 2 is 1.88 bits per heavy atom. The van der Waals surface area contributed by atoms with Gasteiger partial charge in [-0.3, -0.25) is 4.79 Å². The number of β-amino-alcohol motifs (C(OH)–C–C–N with tert-alkyl or cyclic N) is 1. The SMILES string of the molecule is Cc1ccc(S(=O)(=O)N2CC(O)C[C@H]2C(=O)OCc2ccn(-c3ccccc3)n2)cc1C. The van der Waals surface area contributed by atoms with Crippen molar-refractivity contribution in [2.75, 3.05) is 6.54 Å². The number of aliphatic hydroxyl groups is 1. The van der Waals surface area contributed by atoms with Gasteiger partial charge < -0.3 is 9.84 Å². The van der Waals surface area contributed by atoms with Gasteiger partial charge in [0.05, 0.1) is 16.7 Å². The number of sulfonamides is 1. The molecule has 1 fully saturated rings. The molecule has 1 aliphatic heterocycles. The second kappa shape index (κ2) is 8.85. The Kier molecular flexibility index (Phi) is 6.14. The third-order valence-corrected chi connectivity index (χ3v) is 7.49. The first-order valence-corrected chi connectivity index (χ1v) is 11.7. The number of esters is 1. The standard InChI is InChI=1S/C23H25N3O5S/c1-16-8-9-21(12-17(16)2)32(29,30)26-14-20(27)13-22(26)23(28)31-15-18-10-11-25(24-18)19-6-4-3-5-7-19/h3-12,20,22,27H,13-15H2,1-2H3/t20?,22-/m0/s1. The summed E-state index contributed by atoms with van der Waals surface area (Å²) >= 11 is 0. The third kappa shape index (κ3) is 4.45. The number of para-hydroxylation sites is 1. The maximum absolute atomic E-state index is 13.2. The summed E-state index contributed by atoms with van der Waals surface area (Å²) in [6, 6.07) is 15.0. The minimum Gasteiger partial charge on any atom is -0.458 e. The van der Waals surface area contributed by atoms with E-state index in [1.807, 2.05) is 44.2 Å². The first-order chi connectivity index (χ1) is 15.3. The third-order valence-electron chi connectivity index (χ3n) is 5.62. The molecular weight excluding hydrogens is 430 g/mol. The molecule has 1 aromatic heterocycles. The molecule has 4 rings (SSSR count). The van der Waals surface area contributed by atoms with Gasteiger partial charge in [0.15, 0.2) is 0 Å². The predicted octanol–water partition coefficient (Wildman–Crippen LogP) is 2.36. The maximum atomic E-state index is 13.2. The molecule has 0 aliphatic carbocycles. The monoisotopic (exact) mass is 455 g/mol. The van der Waals surface area contributed by atoms with E-state index in [2.05, 4.69) is 5.10 Å². The van der Waals surface area contributed by atoms with Gasteiger partial charge in [-0.25, -0.2) is 13.1 Å². The minimum absolute atomic E-state index is 0.0125. The summed E-state index contributed by atoms with van der Waals surface area (Å²) < 4.78 is 34.5. The number of rotatable bonds is 6. The highest BCUT2D eigenvalue weighted by atomic mass is 32.2. The fourth-order valence-corrected chi connectivity index (χ4v) is 5.39. The van der Waals surface area contributed by atoms with Crippen LogP contribution in [0.5, 0.6) is 0 Å². The Labute approximate surface area is 187 Å². The molecule has 1 aliphatic rings. The average molecular weight is 456 g/mol. The van der Waals surface area contributed by atoms with E-state index in [0.29, 0.717) is 5.69 Å². The Morgan fingerprint density at radius 3 is 2.59 bits per heavy atom. The molecule has 0 spiro atoms. The molecule has 2 aromatic carbocycles. The van der Waals surface area contributed by atoms with Gasteiger partial charge in [0.25, 0.3) is 0 Å². The van der Waals surface area contributed by atoms with Crippen molar-refractivity contribution in [3.63, 3.8) is 0 Å². The molecule has 0 radical (unpaired) electrons. The van der Waals surface area contributed by atoms with E-state index in [0.717, 1.165) is 21.1 Å². The second-order valence-corrected chi connectivity index (χ2v) is 9.81. The molecule has 1 saturated heterocycles. The second-order valence-electron chi connectivity index (χ2n) is 7.92. The first-order valence-electron chi connectivity index (χ1n) is 10.3. The number of hydrogen-bond donors (Lipinski definition) is 1. The lowest BCUT2D eigenvalue weighted by Crippen LogP contribution is -2.41. The van der Waals surface area contributed by atoms with Crippen LogP contribution >= 0.6 is 0 Å². The van der Waals surface area contributed by atoms with E-state index in [9.17, 15) is 18.3 Å². The van der Waals surface area contributed by atoms with E-state index in [4.69, 9.17) is 4.74 Å². The van der Waals surface area contributed by atoms with Crippen LogP contribution in [0.4, 0.5) is 0 Å². The molecule has 1 N–H and O–H groups in total. The predicted molar refractivity (Wildman–Crippen MR) is 118 cm³/mol. The molecule has 3 aromatic rings. The zero-order chi connectivity index (χ0) is 22.9. The van der Waals surface area contributed by atoms with Crippen molar-refractivity contribution in [1.29, 1.82) is 0 Å². The van der Waals surface area contributed by atoms with Gasteiger partial charge >= 0.3 is 5.97 Å². The van der Waals surface area contributed by atoms with Crippen LogP contribution in [0.15, 0.2) is 65.7 Å². The summed E-state index contributed by atoms with van der Waals surface area (Å²) in [6.07, 6.45) is 0.807. The van der Waals surface area contributed by atoms with Gasteiger partial charge in [-0.1, -0.05) is 24.3 Å². The Morgan fingerprint density at radius 1 is 1.12 bits per heavy atom. The topological polar surface area (TPSA) is 102 Å². The molecule has 0 bridgehead atoms. The lowest BCUT2D eigenvalue weighted by Gasteiger charge is -2.22. The highest BCUT2D eigenvalue weighted by molar-refractivity contribution is 7.89. The molecular formula is C23H25N3O5S. The number of carbonyl (C=O) groups is 1. The molecule has 8 nitrogen and oxygen atoms in total. The van der Waals surface area contributed by atoms with Crippen molar-refractivity contribution in [3.05, 3.63) is 77.6 Å². The minimum atomic E-state index is -3.97. The number of carbonyl (C=O) groups excluding carboxylic acids is 1. The summed E-state index contributed by atoms with van der Waals surface area (Å²) in [5.41, 5.74) is 3.20. The van der Waals surface area contributed by atoms with Crippen LogP contribution < -0.4 is 0 Å². The number of aliphatic hydroxyl groups excluding tert-OH is 1. The number of aryl methyl sites for hydroxylation is 2. The smallest absolute Gasteiger partial charge is 0.324 e. The van der Waals surface area contributed by atoms with Crippen molar-refractivity contribution >= 4 is 16.0 Å². The molecule has 0 saturated carbocycles. The van der Waals surface area contributed by atoms with Crippen LogP contribution in [0.2, 0.25) is 0 Å². The van der Waals surface area contributed by atoms with Crippen LogP contribution in [0, 0.1) is 13.8 Å². The van der Waals surface area contributed by atoms with E-state index in [1.165, 1.54) is 6.07 Å². The van der Waals surface area contributed by atoms with Crippen LogP contribution in [-0.4, -0.2) is 52.3 Å². The van der Waals surface area contributed by atoms with Gasteiger partial charge in [0.1, 0.15) is 18.3 Å². The Hall–Kier alpha value is -3.01. The van der Waals surface area contributed by atoms with Crippen molar-refractivity contribution in [2.45, 2.75) is 43.9 Å². The van der Waals surface area contributed by atoms with E-state index in [1.54, 1.807) is 29.1 Å². The van der Waals surface area contributed by atoms with Gasteiger partial charge in [0.2, 0.25) is 10.0 Å².